The Kier molecular flexibility index (Phi) is 2.51. The molecule has 0 aromatic heterocycles. The summed E-state index contributed by atoms with van der Waals surface area (Å²) in [5.74, 6) is -0.120. The van der Waals surface area contributed by atoms with Crippen LogP contribution in [-0.2, 0) is 19.0 Å². The van der Waals surface area contributed by atoms with Crippen LogP contribution in [0.4, 0.5) is 0 Å². The predicted octanol–water partition coefficient (Wildman–Crippen LogP) is 2.09. The minimum atomic E-state index is -0.577. The molecule has 20 heavy (non-hydrogen) atoms. The van der Waals surface area contributed by atoms with Crippen LogP contribution in [-0.4, -0.2) is 30.6 Å². The standard InChI is InChI=1S/C16H18O4/c1-16(2)18-8-10(20-16)14-12-11(13(12)15(17)19-14)9-6-4-3-5-7-9/h3-7,10-14H,8H2,1-2H3/t10-,11+,12-,13+,14+/m1/s1. The average molecular weight is 274 g/mol. The van der Waals surface area contributed by atoms with E-state index in [-0.39, 0.29) is 35.9 Å². The van der Waals surface area contributed by atoms with Gasteiger partial charge in [0.25, 0.3) is 0 Å². The maximum absolute atomic E-state index is 12.0. The largest absolute Gasteiger partial charge is 0.459 e. The number of fused-ring (bicyclic) bond motifs is 1. The number of benzene rings is 1. The molecule has 2 aliphatic heterocycles. The highest BCUT2D eigenvalue weighted by molar-refractivity contribution is 5.81. The van der Waals surface area contributed by atoms with Gasteiger partial charge in [-0.3, -0.25) is 4.79 Å². The van der Waals surface area contributed by atoms with Crippen molar-refractivity contribution in [3.05, 3.63) is 35.9 Å². The first kappa shape index (κ1) is 12.4. The fraction of sp³-hybridized carbons (Fsp3) is 0.562. The SMILES string of the molecule is CC1(C)OC[C@H]([C@@H]2OC(=O)[C@H]3[C@@H](c4ccccc4)[C@@H]23)O1. The molecule has 4 nitrogen and oxygen atoms in total. The van der Waals surface area contributed by atoms with Crippen LogP contribution < -0.4 is 0 Å². The minimum Gasteiger partial charge on any atom is -0.459 e. The van der Waals surface area contributed by atoms with Gasteiger partial charge in [0, 0.05) is 11.8 Å². The highest BCUT2D eigenvalue weighted by Crippen LogP contribution is 2.62. The third-order valence-electron chi connectivity index (χ3n) is 4.56. The van der Waals surface area contributed by atoms with Gasteiger partial charge in [0.05, 0.1) is 12.5 Å². The number of carbonyl (C=O) groups excluding carboxylic acids is 1. The first-order chi connectivity index (χ1) is 9.57. The lowest BCUT2D eigenvalue weighted by Gasteiger charge is -2.22. The summed E-state index contributed by atoms with van der Waals surface area (Å²) in [6.07, 6.45) is -0.308. The average Bonchev–Trinajstić information content (AvgIpc) is 2.94. The fourth-order valence-electron chi connectivity index (χ4n) is 3.64. The predicted molar refractivity (Wildman–Crippen MR) is 70.9 cm³/mol. The van der Waals surface area contributed by atoms with E-state index in [1.54, 1.807) is 0 Å². The number of carbonyl (C=O) groups is 1. The Hall–Kier alpha value is -1.39. The smallest absolute Gasteiger partial charge is 0.310 e. The normalized spacial score (nSPS) is 41.3. The molecule has 0 amide bonds. The van der Waals surface area contributed by atoms with Crippen molar-refractivity contribution in [2.45, 2.75) is 37.8 Å². The van der Waals surface area contributed by atoms with E-state index in [1.807, 2.05) is 32.0 Å². The molecule has 3 aliphatic rings. The summed E-state index contributed by atoms with van der Waals surface area (Å²) in [6.45, 7) is 4.28. The Balaban J connectivity index is 1.55. The molecule has 3 fully saturated rings. The van der Waals surface area contributed by atoms with Crippen LogP contribution >= 0.6 is 0 Å². The monoisotopic (exact) mass is 274 g/mol. The number of rotatable bonds is 2. The molecule has 0 unspecified atom stereocenters. The molecule has 0 bridgehead atoms. The molecule has 5 atom stereocenters. The third-order valence-corrected chi connectivity index (χ3v) is 4.56. The second kappa shape index (κ2) is 4.06. The third kappa shape index (κ3) is 1.79. The molecule has 4 rings (SSSR count). The molecular weight excluding hydrogens is 256 g/mol. The molecule has 0 spiro atoms. The fourth-order valence-corrected chi connectivity index (χ4v) is 3.64. The summed E-state index contributed by atoms with van der Waals surface area (Å²) in [6, 6.07) is 10.2. The summed E-state index contributed by atoms with van der Waals surface area (Å²) in [4.78, 5) is 12.0. The summed E-state index contributed by atoms with van der Waals surface area (Å²) in [5, 5.41) is 0. The zero-order valence-corrected chi connectivity index (χ0v) is 11.6. The molecule has 2 saturated heterocycles. The van der Waals surface area contributed by atoms with E-state index < -0.39 is 5.79 Å². The van der Waals surface area contributed by atoms with Gasteiger partial charge in [0.2, 0.25) is 0 Å². The van der Waals surface area contributed by atoms with Gasteiger partial charge < -0.3 is 14.2 Å². The van der Waals surface area contributed by atoms with Gasteiger partial charge in [-0.1, -0.05) is 30.3 Å². The summed E-state index contributed by atoms with van der Waals surface area (Å²) < 4.78 is 17.0. The van der Waals surface area contributed by atoms with Crippen molar-refractivity contribution in [2.75, 3.05) is 6.61 Å². The summed E-state index contributed by atoms with van der Waals surface area (Å²) in [7, 11) is 0. The lowest BCUT2D eigenvalue weighted by Crippen LogP contribution is -2.34. The van der Waals surface area contributed by atoms with Gasteiger partial charge in [-0.2, -0.15) is 0 Å². The molecule has 0 N–H and O–H groups in total. The van der Waals surface area contributed by atoms with Gasteiger partial charge in [0.1, 0.15) is 12.2 Å². The Morgan fingerprint density at radius 2 is 1.90 bits per heavy atom. The van der Waals surface area contributed by atoms with Crippen LogP contribution in [0.3, 0.4) is 0 Å². The van der Waals surface area contributed by atoms with Crippen molar-refractivity contribution >= 4 is 5.97 Å². The van der Waals surface area contributed by atoms with Crippen LogP contribution in [0.15, 0.2) is 30.3 Å². The van der Waals surface area contributed by atoms with Gasteiger partial charge in [-0.05, 0) is 19.4 Å². The number of hydrogen-bond acceptors (Lipinski definition) is 4. The molecule has 2 heterocycles. The van der Waals surface area contributed by atoms with E-state index >= 15 is 0 Å². The van der Waals surface area contributed by atoms with Crippen molar-refractivity contribution < 1.29 is 19.0 Å². The van der Waals surface area contributed by atoms with Crippen molar-refractivity contribution in [3.8, 4) is 0 Å². The molecule has 1 aromatic carbocycles. The lowest BCUT2D eigenvalue weighted by molar-refractivity contribution is -0.166. The van der Waals surface area contributed by atoms with E-state index in [0.29, 0.717) is 6.61 Å². The Morgan fingerprint density at radius 3 is 2.55 bits per heavy atom. The summed E-state index contributed by atoms with van der Waals surface area (Å²) >= 11 is 0. The van der Waals surface area contributed by atoms with Crippen LogP contribution in [0.2, 0.25) is 0 Å². The maximum atomic E-state index is 12.0. The van der Waals surface area contributed by atoms with Crippen LogP contribution in [0, 0.1) is 11.8 Å². The molecular formula is C16H18O4. The van der Waals surface area contributed by atoms with Gasteiger partial charge in [-0.15, -0.1) is 0 Å². The lowest BCUT2D eigenvalue weighted by atomic mass is 10.0. The molecule has 1 saturated carbocycles. The Morgan fingerprint density at radius 1 is 1.15 bits per heavy atom. The highest BCUT2D eigenvalue weighted by atomic mass is 16.8. The first-order valence-corrected chi connectivity index (χ1v) is 7.14. The van der Waals surface area contributed by atoms with E-state index in [0.717, 1.165) is 0 Å². The number of hydrogen-bond donors (Lipinski definition) is 0. The van der Waals surface area contributed by atoms with E-state index in [4.69, 9.17) is 14.2 Å². The molecule has 1 aliphatic carbocycles. The number of esters is 1. The van der Waals surface area contributed by atoms with E-state index in [9.17, 15) is 4.79 Å². The topological polar surface area (TPSA) is 44.8 Å². The zero-order chi connectivity index (χ0) is 13.9. The number of cyclic esters (lactones) is 1. The zero-order valence-electron chi connectivity index (χ0n) is 11.6. The minimum absolute atomic E-state index is 0.00899. The summed E-state index contributed by atoms with van der Waals surface area (Å²) in [5.41, 5.74) is 1.22. The Bertz CT molecular complexity index is 539. The molecule has 106 valence electrons. The van der Waals surface area contributed by atoms with E-state index in [2.05, 4.69) is 12.1 Å². The first-order valence-electron chi connectivity index (χ1n) is 7.14. The van der Waals surface area contributed by atoms with Crippen molar-refractivity contribution in [1.29, 1.82) is 0 Å². The van der Waals surface area contributed by atoms with Gasteiger partial charge >= 0.3 is 5.97 Å². The van der Waals surface area contributed by atoms with Crippen LogP contribution in [0.1, 0.15) is 25.3 Å². The van der Waals surface area contributed by atoms with E-state index in [1.165, 1.54) is 5.56 Å². The van der Waals surface area contributed by atoms with Crippen molar-refractivity contribution in [3.63, 3.8) is 0 Å². The van der Waals surface area contributed by atoms with Gasteiger partial charge in [-0.25, -0.2) is 0 Å². The maximum Gasteiger partial charge on any atom is 0.310 e. The number of ether oxygens (including phenoxy) is 3. The van der Waals surface area contributed by atoms with Gasteiger partial charge in [0.15, 0.2) is 5.79 Å². The van der Waals surface area contributed by atoms with Crippen LogP contribution in [0.25, 0.3) is 0 Å². The second-order valence-electron chi connectivity index (χ2n) is 6.31. The molecule has 1 aromatic rings. The molecule has 0 radical (unpaired) electrons. The van der Waals surface area contributed by atoms with Crippen molar-refractivity contribution in [2.24, 2.45) is 11.8 Å². The van der Waals surface area contributed by atoms with Crippen molar-refractivity contribution in [1.82, 2.24) is 0 Å². The second-order valence-corrected chi connectivity index (χ2v) is 6.31. The highest BCUT2D eigenvalue weighted by Gasteiger charge is 2.68. The Labute approximate surface area is 118 Å². The van der Waals surface area contributed by atoms with Crippen LogP contribution in [0.5, 0.6) is 0 Å². The molecule has 4 heteroatoms. The quantitative estimate of drug-likeness (QED) is 0.775.